The van der Waals surface area contributed by atoms with E-state index >= 15 is 0 Å². The van der Waals surface area contributed by atoms with Gasteiger partial charge in [-0.1, -0.05) is 36.4 Å². The van der Waals surface area contributed by atoms with Crippen molar-refractivity contribution in [2.24, 2.45) is 0 Å². The second-order valence-electron chi connectivity index (χ2n) is 6.25. The highest BCUT2D eigenvalue weighted by atomic mass is 32.1. The van der Waals surface area contributed by atoms with Gasteiger partial charge in [0.25, 0.3) is 11.8 Å². The summed E-state index contributed by atoms with van der Waals surface area (Å²) in [6, 6.07) is 17.8. The maximum atomic E-state index is 13.1. The SMILES string of the molecule is O=C(c1ccccc1)N(C(=O)c1ccccc1)c1nc2c(s1)CCCC2. The number of thiazole rings is 1. The van der Waals surface area contributed by atoms with Crippen LogP contribution in [0, 0.1) is 0 Å². The van der Waals surface area contributed by atoms with Crippen molar-refractivity contribution in [3.63, 3.8) is 0 Å². The summed E-state index contributed by atoms with van der Waals surface area (Å²) in [6.45, 7) is 0. The molecule has 2 aromatic carbocycles. The maximum absolute atomic E-state index is 13.1. The van der Waals surface area contributed by atoms with E-state index in [1.165, 1.54) is 21.1 Å². The Morgan fingerprint density at radius 1 is 0.808 bits per heavy atom. The minimum Gasteiger partial charge on any atom is -0.268 e. The second kappa shape index (κ2) is 7.22. The van der Waals surface area contributed by atoms with Gasteiger partial charge in [0.05, 0.1) is 5.69 Å². The summed E-state index contributed by atoms with van der Waals surface area (Å²) in [6.07, 6.45) is 4.13. The number of nitrogens with zero attached hydrogens (tertiary/aromatic N) is 2. The molecule has 0 bridgehead atoms. The predicted octanol–water partition coefficient (Wildman–Crippen LogP) is 4.51. The Morgan fingerprint density at radius 3 is 1.88 bits per heavy atom. The van der Waals surface area contributed by atoms with E-state index in [2.05, 4.69) is 4.98 Å². The molecule has 0 radical (unpaired) electrons. The van der Waals surface area contributed by atoms with Crippen molar-refractivity contribution in [1.29, 1.82) is 0 Å². The standard InChI is InChI=1S/C21H18N2O2S/c24-19(15-9-3-1-4-10-15)23(20(25)16-11-5-2-6-12-16)21-22-17-13-7-8-14-18(17)26-21/h1-6,9-12H,7-8,13-14H2. The quantitative estimate of drug-likeness (QED) is 0.644. The van der Waals surface area contributed by atoms with Crippen LogP contribution in [0.4, 0.5) is 5.13 Å². The molecule has 4 rings (SSSR count). The average Bonchev–Trinajstić information content (AvgIpc) is 3.13. The highest BCUT2D eigenvalue weighted by Crippen LogP contribution is 2.33. The summed E-state index contributed by atoms with van der Waals surface area (Å²) in [4.78, 5) is 33.4. The van der Waals surface area contributed by atoms with Crippen molar-refractivity contribution in [3.05, 3.63) is 82.4 Å². The van der Waals surface area contributed by atoms with Crippen LogP contribution < -0.4 is 4.90 Å². The third-order valence-corrected chi connectivity index (χ3v) is 5.62. The summed E-state index contributed by atoms with van der Waals surface area (Å²) in [7, 11) is 0. The number of fused-ring (bicyclic) bond motifs is 1. The first-order chi connectivity index (χ1) is 12.7. The van der Waals surface area contributed by atoms with E-state index in [4.69, 9.17) is 0 Å². The molecule has 130 valence electrons. The molecule has 26 heavy (non-hydrogen) atoms. The number of anilines is 1. The van der Waals surface area contributed by atoms with Crippen LogP contribution >= 0.6 is 11.3 Å². The molecular formula is C21H18N2O2S. The fourth-order valence-electron chi connectivity index (χ4n) is 3.12. The summed E-state index contributed by atoms with van der Waals surface area (Å²) in [5.74, 6) is -0.684. The fraction of sp³-hybridized carbons (Fsp3) is 0.190. The van der Waals surface area contributed by atoms with E-state index in [1.54, 1.807) is 48.5 Å². The normalized spacial score (nSPS) is 13.1. The largest absolute Gasteiger partial charge is 0.268 e. The van der Waals surface area contributed by atoms with Gasteiger partial charge in [-0.05, 0) is 49.9 Å². The molecule has 0 saturated heterocycles. The van der Waals surface area contributed by atoms with Crippen molar-refractivity contribution in [2.75, 3.05) is 4.90 Å². The molecule has 0 aliphatic heterocycles. The molecule has 0 spiro atoms. The average molecular weight is 362 g/mol. The van der Waals surface area contributed by atoms with Crippen molar-refractivity contribution in [1.82, 2.24) is 4.98 Å². The van der Waals surface area contributed by atoms with Gasteiger partial charge in [-0.15, -0.1) is 11.3 Å². The van der Waals surface area contributed by atoms with Crippen molar-refractivity contribution >= 4 is 28.3 Å². The maximum Gasteiger partial charge on any atom is 0.267 e. The lowest BCUT2D eigenvalue weighted by molar-refractivity contribution is 0.0897. The molecule has 0 N–H and O–H groups in total. The fourth-order valence-corrected chi connectivity index (χ4v) is 4.26. The van der Waals surface area contributed by atoms with E-state index in [0.29, 0.717) is 16.3 Å². The molecule has 4 nitrogen and oxygen atoms in total. The lowest BCUT2D eigenvalue weighted by atomic mass is 10.0. The van der Waals surface area contributed by atoms with E-state index in [0.717, 1.165) is 31.4 Å². The molecule has 3 aromatic rings. The Balaban J connectivity index is 1.77. The summed E-state index contributed by atoms with van der Waals surface area (Å²) >= 11 is 1.46. The summed E-state index contributed by atoms with van der Waals surface area (Å²) < 4.78 is 0. The molecule has 2 amide bonds. The smallest absolute Gasteiger partial charge is 0.267 e. The van der Waals surface area contributed by atoms with Gasteiger partial charge in [0.1, 0.15) is 0 Å². The Labute approximate surface area is 156 Å². The van der Waals surface area contributed by atoms with Gasteiger partial charge < -0.3 is 0 Å². The number of carbonyl (C=O) groups excluding carboxylic acids is 2. The number of benzene rings is 2. The van der Waals surface area contributed by atoms with Gasteiger partial charge in [0.15, 0.2) is 5.13 Å². The molecule has 1 heterocycles. The van der Waals surface area contributed by atoms with Crippen molar-refractivity contribution < 1.29 is 9.59 Å². The topological polar surface area (TPSA) is 50.3 Å². The molecule has 1 aliphatic rings. The minimum absolute atomic E-state index is 0.342. The number of imide groups is 1. The second-order valence-corrected chi connectivity index (χ2v) is 7.31. The van der Waals surface area contributed by atoms with Crippen LogP contribution in [-0.2, 0) is 12.8 Å². The summed E-state index contributed by atoms with van der Waals surface area (Å²) in [5.41, 5.74) is 1.98. The highest BCUT2D eigenvalue weighted by molar-refractivity contribution is 7.16. The summed E-state index contributed by atoms with van der Waals surface area (Å²) in [5, 5.41) is 0.472. The third kappa shape index (κ3) is 3.18. The van der Waals surface area contributed by atoms with Crippen LogP contribution in [0.1, 0.15) is 44.1 Å². The lowest BCUT2D eigenvalue weighted by Gasteiger charge is -2.18. The zero-order valence-electron chi connectivity index (χ0n) is 14.2. The molecule has 0 fully saturated rings. The first kappa shape index (κ1) is 16.7. The van der Waals surface area contributed by atoms with Crippen molar-refractivity contribution in [3.8, 4) is 0 Å². The number of hydrogen-bond acceptors (Lipinski definition) is 4. The first-order valence-corrected chi connectivity index (χ1v) is 9.53. The molecule has 5 heteroatoms. The van der Waals surface area contributed by atoms with E-state index < -0.39 is 0 Å². The highest BCUT2D eigenvalue weighted by Gasteiger charge is 2.30. The molecule has 0 saturated carbocycles. The zero-order chi connectivity index (χ0) is 17.9. The van der Waals surface area contributed by atoms with E-state index in [-0.39, 0.29) is 11.8 Å². The monoisotopic (exact) mass is 362 g/mol. The lowest BCUT2D eigenvalue weighted by Crippen LogP contribution is -2.37. The van der Waals surface area contributed by atoms with E-state index in [9.17, 15) is 9.59 Å². The Hall–Kier alpha value is -2.79. The number of carbonyl (C=O) groups is 2. The first-order valence-electron chi connectivity index (χ1n) is 8.71. The van der Waals surface area contributed by atoms with Crippen LogP contribution in [0.2, 0.25) is 0 Å². The number of rotatable bonds is 3. The molecule has 1 aromatic heterocycles. The number of hydrogen-bond donors (Lipinski definition) is 0. The van der Waals surface area contributed by atoms with Crippen molar-refractivity contribution in [2.45, 2.75) is 25.7 Å². The van der Waals surface area contributed by atoms with E-state index in [1.807, 2.05) is 12.1 Å². The van der Waals surface area contributed by atoms with Crippen LogP contribution in [0.3, 0.4) is 0 Å². The third-order valence-electron chi connectivity index (χ3n) is 4.47. The van der Waals surface area contributed by atoms with Crippen LogP contribution in [0.5, 0.6) is 0 Å². The van der Waals surface area contributed by atoms with Gasteiger partial charge in [-0.25, -0.2) is 9.88 Å². The zero-order valence-corrected chi connectivity index (χ0v) is 15.0. The number of aryl methyl sites for hydroxylation is 2. The van der Waals surface area contributed by atoms with Crippen LogP contribution in [0.25, 0.3) is 0 Å². The number of aromatic nitrogens is 1. The Morgan fingerprint density at radius 2 is 1.35 bits per heavy atom. The van der Waals surface area contributed by atoms with Crippen LogP contribution in [0.15, 0.2) is 60.7 Å². The minimum atomic E-state index is -0.342. The van der Waals surface area contributed by atoms with Gasteiger partial charge >= 0.3 is 0 Å². The van der Waals surface area contributed by atoms with Gasteiger partial charge in [-0.3, -0.25) is 9.59 Å². The Bertz CT molecular complexity index is 860. The molecule has 0 atom stereocenters. The predicted molar refractivity (Wildman–Crippen MR) is 103 cm³/mol. The molecule has 0 unspecified atom stereocenters. The Kier molecular flexibility index (Phi) is 4.63. The van der Waals surface area contributed by atoms with Crippen LogP contribution in [-0.4, -0.2) is 16.8 Å². The molecule has 1 aliphatic carbocycles. The van der Waals surface area contributed by atoms with Gasteiger partial charge in [-0.2, -0.15) is 0 Å². The van der Waals surface area contributed by atoms with Gasteiger partial charge in [0.2, 0.25) is 0 Å². The molecular weight excluding hydrogens is 344 g/mol. The number of amides is 2. The van der Waals surface area contributed by atoms with Gasteiger partial charge in [0, 0.05) is 16.0 Å².